The van der Waals surface area contributed by atoms with Crippen molar-refractivity contribution in [3.05, 3.63) is 24.3 Å². The molecule has 92 valence electrons. The van der Waals surface area contributed by atoms with E-state index in [1.807, 2.05) is 26.1 Å². The van der Waals surface area contributed by atoms with Crippen LogP contribution < -0.4 is 5.32 Å². The third kappa shape index (κ3) is 1.69. The molecule has 0 spiro atoms. The molecule has 3 rings (SSSR count). The number of rotatable bonds is 3. The van der Waals surface area contributed by atoms with Crippen LogP contribution in [0.25, 0.3) is 17.0 Å². The van der Waals surface area contributed by atoms with E-state index >= 15 is 0 Å². The van der Waals surface area contributed by atoms with Gasteiger partial charge in [0.2, 0.25) is 5.95 Å². The van der Waals surface area contributed by atoms with Crippen LogP contribution in [-0.2, 0) is 0 Å². The summed E-state index contributed by atoms with van der Waals surface area (Å²) in [7, 11) is 0. The molecule has 0 atom stereocenters. The number of hydrogen-bond acceptors (Lipinski definition) is 5. The first-order valence-corrected chi connectivity index (χ1v) is 5.75. The Bertz CT molecular complexity index is 682. The molecule has 7 heteroatoms. The van der Waals surface area contributed by atoms with Gasteiger partial charge in [-0.25, -0.2) is 9.67 Å². The molecule has 0 radical (unpaired) electrons. The number of nitrogens with one attached hydrogen (secondary N) is 2. The molecule has 7 nitrogen and oxygen atoms in total. The highest BCUT2D eigenvalue weighted by molar-refractivity contribution is 5.79. The fourth-order valence-corrected chi connectivity index (χ4v) is 1.75. The van der Waals surface area contributed by atoms with Crippen LogP contribution in [0.5, 0.6) is 0 Å². The molecule has 0 fully saturated rings. The first kappa shape index (κ1) is 10.7. The lowest BCUT2D eigenvalue weighted by Gasteiger charge is -2.05. The van der Waals surface area contributed by atoms with Gasteiger partial charge in [0, 0.05) is 12.7 Å². The summed E-state index contributed by atoms with van der Waals surface area (Å²) >= 11 is 0. The van der Waals surface area contributed by atoms with Gasteiger partial charge in [-0.3, -0.25) is 0 Å². The molecule has 0 saturated carbocycles. The highest BCUT2D eigenvalue weighted by Crippen LogP contribution is 2.17. The maximum absolute atomic E-state index is 4.45. The number of nitrogens with zero attached hydrogens (tertiary/aromatic N) is 5. The maximum atomic E-state index is 4.45. The molecule has 0 saturated heterocycles. The molecule has 3 aromatic heterocycles. The fraction of sp³-hybridized carbons (Fsp3) is 0.273. The molecule has 0 bridgehead atoms. The van der Waals surface area contributed by atoms with E-state index in [9.17, 15) is 0 Å². The molecule has 0 amide bonds. The average Bonchev–Trinajstić information content (AvgIpc) is 2.97. The van der Waals surface area contributed by atoms with Crippen molar-refractivity contribution in [2.75, 3.05) is 11.9 Å². The normalized spacial score (nSPS) is 11.0. The lowest BCUT2D eigenvalue weighted by molar-refractivity contribution is 0.834. The Hall–Kier alpha value is -2.44. The van der Waals surface area contributed by atoms with Crippen molar-refractivity contribution >= 4 is 17.1 Å². The topological polar surface area (TPSA) is 84.3 Å². The summed E-state index contributed by atoms with van der Waals surface area (Å²) in [5.41, 5.74) is 2.34. The fourth-order valence-electron chi connectivity index (χ4n) is 1.75. The van der Waals surface area contributed by atoms with Crippen molar-refractivity contribution < 1.29 is 0 Å². The highest BCUT2D eigenvalue weighted by Gasteiger charge is 2.11. The van der Waals surface area contributed by atoms with Gasteiger partial charge in [-0.2, -0.15) is 15.1 Å². The van der Waals surface area contributed by atoms with Gasteiger partial charge >= 0.3 is 0 Å². The van der Waals surface area contributed by atoms with Crippen LogP contribution in [0.15, 0.2) is 18.6 Å². The van der Waals surface area contributed by atoms with Crippen molar-refractivity contribution in [3.8, 4) is 5.82 Å². The summed E-state index contributed by atoms with van der Waals surface area (Å²) < 4.78 is 1.72. The number of imidazole rings is 1. The first-order chi connectivity index (χ1) is 8.78. The van der Waals surface area contributed by atoms with E-state index in [2.05, 4.69) is 30.4 Å². The second kappa shape index (κ2) is 4.10. The van der Waals surface area contributed by atoms with Crippen LogP contribution in [0.1, 0.15) is 12.6 Å². The van der Waals surface area contributed by atoms with Crippen LogP contribution in [-0.4, -0.2) is 36.3 Å². The zero-order valence-electron chi connectivity index (χ0n) is 10.2. The van der Waals surface area contributed by atoms with E-state index in [-0.39, 0.29) is 0 Å². The molecular formula is C11H13N7. The van der Waals surface area contributed by atoms with Crippen molar-refractivity contribution in [2.45, 2.75) is 13.8 Å². The van der Waals surface area contributed by atoms with Gasteiger partial charge < -0.3 is 10.3 Å². The van der Waals surface area contributed by atoms with Crippen molar-refractivity contribution in [2.24, 2.45) is 0 Å². The lowest BCUT2D eigenvalue weighted by atomic mass is 10.5. The Kier molecular flexibility index (Phi) is 2.44. The number of aryl methyl sites for hydroxylation is 1. The van der Waals surface area contributed by atoms with Gasteiger partial charge in [0.25, 0.3) is 0 Å². The molecule has 0 aliphatic rings. The Labute approximate surface area is 103 Å². The largest absolute Gasteiger partial charge is 0.354 e. The highest BCUT2D eigenvalue weighted by atomic mass is 15.3. The molecule has 3 aromatic rings. The molecular weight excluding hydrogens is 230 g/mol. The van der Waals surface area contributed by atoms with Crippen LogP contribution in [0, 0.1) is 6.92 Å². The summed E-state index contributed by atoms with van der Waals surface area (Å²) in [5.74, 6) is 1.25. The minimum Gasteiger partial charge on any atom is -0.354 e. The predicted octanol–water partition coefficient (Wildman–Crippen LogP) is 1.28. The molecule has 18 heavy (non-hydrogen) atoms. The summed E-state index contributed by atoms with van der Waals surface area (Å²) in [6, 6.07) is 1.93. The summed E-state index contributed by atoms with van der Waals surface area (Å²) in [6.45, 7) is 4.69. The molecule has 0 aliphatic carbocycles. The van der Waals surface area contributed by atoms with Crippen LogP contribution in [0.4, 0.5) is 5.95 Å². The molecule has 0 aromatic carbocycles. The molecule has 3 heterocycles. The van der Waals surface area contributed by atoms with Gasteiger partial charge in [0.1, 0.15) is 5.52 Å². The van der Waals surface area contributed by atoms with E-state index in [0.717, 1.165) is 17.8 Å². The number of anilines is 1. The van der Waals surface area contributed by atoms with Gasteiger partial charge in [0.05, 0.1) is 12.0 Å². The Morgan fingerprint density at radius 3 is 3.00 bits per heavy atom. The number of H-pyrrole nitrogens is 1. The van der Waals surface area contributed by atoms with Crippen molar-refractivity contribution in [3.63, 3.8) is 0 Å². The van der Waals surface area contributed by atoms with E-state index in [1.165, 1.54) is 0 Å². The molecule has 0 unspecified atom stereocenters. The third-order valence-corrected chi connectivity index (χ3v) is 2.54. The van der Waals surface area contributed by atoms with Gasteiger partial charge in [0.15, 0.2) is 11.5 Å². The Balaban J connectivity index is 2.22. The number of hydrogen-bond donors (Lipinski definition) is 2. The van der Waals surface area contributed by atoms with Crippen molar-refractivity contribution in [1.82, 2.24) is 29.7 Å². The summed E-state index contributed by atoms with van der Waals surface area (Å²) in [4.78, 5) is 16.0. The average molecular weight is 243 g/mol. The van der Waals surface area contributed by atoms with E-state index in [0.29, 0.717) is 17.4 Å². The van der Waals surface area contributed by atoms with Gasteiger partial charge in [-0.15, -0.1) is 0 Å². The lowest BCUT2D eigenvalue weighted by Crippen LogP contribution is -2.07. The zero-order valence-corrected chi connectivity index (χ0v) is 10.2. The first-order valence-electron chi connectivity index (χ1n) is 5.75. The minimum absolute atomic E-state index is 0.556. The SMILES string of the molecule is CCNc1nc(-n2ccc(C)n2)c2[nH]cnc2n1. The zero-order chi connectivity index (χ0) is 12.5. The van der Waals surface area contributed by atoms with E-state index in [4.69, 9.17) is 0 Å². The number of fused-ring (bicyclic) bond motifs is 1. The standard InChI is InChI=1S/C11H13N7/c1-3-12-11-15-9-8(13-6-14-9)10(16-11)18-5-4-7(2)17-18/h4-6H,3H2,1-2H3,(H2,12,13,14,15,16). The second-order valence-electron chi connectivity index (χ2n) is 3.90. The minimum atomic E-state index is 0.556. The van der Waals surface area contributed by atoms with Gasteiger partial charge in [-0.05, 0) is 19.9 Å². The van der Waals surface area contributed by atoms with E-state index < -0.39 is 0 Å². The molecule has 2 N–H and O–H groups in total. The van der Waals surface area contributed by atoms with Crippen LogP contribution in [0.2, 0.25) is 0 Å². The number of aromatic amines is 1. The smallest absolute Gasteiger partial charge is 0.226 e. The van der Waals surface area contributed by atoms with Crippen LogP contribution >= 0.6 is 0 Å². The Morgan fingerprint density at radius 2 is 2.28 bits per heavy atom. The van der Waals surface area contributed by atoms with Crippen molar-refractivity contribution in [1.29, 1.82) is 0 Å². The van der Waals surface area contributed by atoms with E-state index in [1.54, 1.807) is 11.0 Å². The number of aromatic nitrogens is 6. The maximum Gasteiger partial charge on any atom is 0.226 e. The van der Waals surface area contributed by atoms with Gasteiger partial charge in [-0.1, -0.05) is 0 Å². The van der Waals surface area contributed by atoms with Crippen LogP contribution in [0.3, 0.4) is 0 Å². The predicted molar refractivity (Wildman–Crippen MR) is 67.7 cm³/mol. The Morgan fingerprint density at radius 1 is 1.39 bits per heavy atom. The quantitative estimate of drug-likeness (QED) is 0.723. The molecule has 0 aliphatic heterocycles. The monoisotopic (exact) mass is 243 g/mol. The summed E-state index contributed by atoms with van der Waals surface area (Å²) in [6.07, 6.45) is 3.47. The third-order valence-electron chi connectivity index (χ3n) is 2.54. The summed E-state index contributed by atoms with van der Waals surface area (Å²) in [5, 5.41) is 7.45. The second-order valence-corrected chi connectivity index (χ2v) is 3.90.